The zero-order chi connectivity index (χ0) is 37.2. The number of nitrogens with one attached hydrogen (secondary N) is 2. The topological polar surface area (TPSA) is 337 Å². The van der Waals surface area contributed by atoms with Crippen molar-refractivity contribution < 1.29 is 60.7 Å². The molecule has 278 valence electrons. The fourth-order valence-corrected chi connectivity index (χ4v) is 9.29. The Morgan fingerprint density at radius 3 is 2.20 bits per heavy atom. The van der Waals surface area contributed by atoms with E-state index in [1.807, 2.05) is 0 Å². The maximum atomic E-state index is 13.0. The van der Waals surface area contributed by atoms with E-state index in [2.05, 4.69) is 24.9 Å². The van der Waals surface area contributed by atoms with E-state index in [1.165, 1.54) is 13.7 Å². The highest BCUT2D eigenvalue weighted by molar-refractivity contribution is 7.65. The van der Waals surface area contributed by atoms with Gasteiger partial charge in [-0.15, -0.1) is 0 Å². The summed E-state index contributed by atoms with van der Waals surface area (Å²) < 4.78 is 74.8. The second-order valence-corrected chi connectivity index (χ2v) is 17.4. The molecule has 51 heavy (non-hydrogen) atoms. The molecule has 2 aliphatic heterocycles. The van der Waals surface area contributed by atoms with Crippen LogP contribution in [0.3, 0.4) is 0 Å². The number of aryl methyl sites for hydroxylation is 1. The summed E-state index contributed by atoms with van der Waals surface area (Å²) in [5.74, 6) is -0.923. The summed E-state index contributed by atoms with van der Waals surface area (Å²) in [4.78, 5) is 41.3. The van der Waals surface area contributed by atoms with Gasteiger partial charge in [0, 0.05) is 23.8 Å². The van der Waals surface area contributed by atoms with Crippen LogP contribution in [-0.4, -0.2) is 106 Å². The van der Waals surface area contributed by atoms with Crippen molar-refractivity contribution in [2.24, 2.45) is 13.0 Å². The van der Waals surface area contributed by atoms with E-state index in [-0.39, 0.29) is 34.2 Å². The van der Waals surface area contributed by atoms with Crippen LogP contribution in [0, 0.1) is 5.92 Å². The molecule has 0 saturated carbocycles. The van der Waals surface area contributed by atoms with E-state index in [0.29, 0.717) is 0 Å². The van der Waals surface area contributed by atoms with Crippen molar-refractivity contribution in [3.63, 3.8) is 0 Å². The average molecular weight is 781 g/mol. The molecule has 2 aliphatic rings. The van der Waals surface area contributed by atoms with Crippen LogP contribution in [0.5, 0.6) is 0 Å². The first-order valence-corrected chi connectivity index (χ1v) is 20.1. The summed E-state index contributed by atoms with van der Waals surface area (Å²) >= 11 is 0. The van der Waals surface area contributed by atoms with Crippen molar-refractivity contribution >= 4 is 57.7 Å². The van der Waals surface area contributed by atoms with E-state index in [4.69, 9.17) is 38.6 Å². The normalized spacial score (nSPS) is 29.4. The minimum Gasteiger partial charge on any atom is -0.390 e. The zero-order valence-corrected chi connectivity index (χ0v) is 29.9. The van der Waals surface area contributed by atoms with Gasteiger partial charge >= 0.3 is 29.1 Å². The van der Waals surface area contributed by atoms with Crippen LogP contribution in [0.4, 0.5) is 11.9 Å². The van der Waals surface area contributed by atoms with Crippen LogP contribution < -0.4 is 27.2 Å². The Bertz CT molecular complexity index is 2210. The molecule has 6 rings (SSSR count). The van der Waals surface area contributed by atoms with Gasteiger partial charge in [0.1, 0.15) is 24.4 Å². The molecule has 4 aromatic rings. The molecule has 24 nitrogen and oxygen atoms in total. The first kappa shape index (κ1) is 37.3. The lowest BCUT2D eigenvalue weighted by atomic mass is 10.0. The molecule has 6 heterocycles. The Hall–Kier alpha value is -3.50. The first-order valence-electron chi connectivity index (χ1n) is 15.0. The van der Waals surface area contributed by atoms with Crippen LogP contribution in [0.15, 0.2) is 22.2 Å². The van der Waals surface area contributed by atoms with Crippen molar-refractivity contribution in [3.8, 4) is 0 Å². The van der Waals surface area contributed by atoms with E-state index >= 15 is 0 Å². The van der Waals surface area contributed by atoms with Gasteiger partial charge in [-0.1, -0.05) is 11.9 Å². The summed E-state index contributed by atoms with van der Waals surface area (Å²) in [5.41, 5.74) is 10.5. The van der Waals surface area contributed by atoms with Crippen LogP contribution in [0.1, 0.15) is 19.4 Å². The first-order chi connectivity index (χ1) is 23.9. The highest BCUT2D eigenvalue weighted by atomic mass is 31.3. The third-order valence-electron chi connectivity index (χ3n) is 8.19. The molecule has 4 aromatic heterocycles. The standard InChI is InChI=1S/C24H33N10O14P3/c1-9-14(35)10(45-21(9)34-8-32(2)13-18(34)29-24(26)31-20(13)39)5-43-50(3,41)47-49(40)48-51(4,42)44-6-11-15(36)16(37)22(46-11)33-7-27-12-17(33)28-23(25)30-19(12)38/h7-11,14-16,21-22,35-37H,5-6H2,1-4H3,(H4-2,25,26,28,29,30,31,38,39)/p+2/t9?,10-,11-,14-,15+,16?,21-,22-,50?,51?/m1/s1. The molecule has 0 spiro atoms. The van der Waals surface area contributed by atoms with Crippen LogP contribution in [0.25, 0.3) is 22.3 Å². The number of aliphatic hydroxyl groups is 3. The van der Waals surface area contributed by atoms with Gasteiger partial charge < -0.3 is 45.3 Å². The quantitative estimate of drug-likeness (QED) is 0.0651. The Morgan fingerprint density at radius 2 is 1.55 bits per heavy atom. The second-order valence-electron chi connectivity index (χ2n) is 12.0. The van der Waals surface area contributed by atoms with E-state index < -0.39 is 96.7 Å². The predicted molar refractivity (Wildman–Crippen MR) is 172 cm³/mol. The number of H-pyrrole nitrogens is 2. The lowest BCUT2D eigenvalue weighted by molar-refractivity contribution is -0.745. The van der Waals surface area contributed by atoms with Gasteiger partial charge in [0.05, 0.1) is 32.7 Å². The zero-order valence-electron chi connectivity index (χ0n) is 27.2. The minimum absolute atomic E-state index is 0.0355. The Balaban J connectivity index is 1.02. The number of hydrogen-bond donors (Lipinski definition) is 7. The molecule has 0 radical (unpaired) electrons. The third kappa shape index (κ3) is 7.41. The van der Waals surface area contributed by atoms with Gasteiger partial charge in [0.25, 0.3) is 17.1 Å². The van der Waals surface area contributed by atoms with Gasteiger partial charge in [-0.3, -0.25) is 37.8 Å². The SMILES string of the molecule is CC1[C@@H](O)[C@@H](COP(C)(=O)O[P+](=O)OP(C)(=O)OC[C@H]2O[C@@H](n3cnc4c(=O)[nH]c(N)nc43)C(O)[C@H]2O)O[C@H]1[n+]1cn(C)c2c(=O)[nH]c(N)nc21. The number of nitrogens with two attached hydrogens (primary N) is 2. The van der Waals surface area contributed by atoms with Gasteiger partial charge in [-0.05, 0) is 8.62 Å². The number of aliphatic hydroxyl groups excluding tert-OH is 3. The number of imidazole rings is 2. The highest BCUT2D eigenvalue weighted by Gasteiger charge is 2.49. The average Bonchev–Trinajstić information content (AvgIpc) is 3.74. The lowest BCUT2D eigenvalue weighted by Gasteiger charge is -2.17. The Kier molecular flexibility index (Phi) is 10.1. The molecule has 0 bridgehead atoms. The van der Waals surface area contributed by atoms with Crippen molar-refractivity contribution in [1.29, 1.82) is 0 Å². The number of ether oxygens (including phenoxy) is 2. The second kappa shape index (κ2) is 13.8. The molecular weight excluding hydrogens is 745 g/mol. The number of fused-ring (bicyclic) bond motifs is 2. The van der Waals surface area contributed by atoms with Crippen molar-refractivity contribution in [3.05, 3.63) is 33.4 Å². The van der Waals surface area contributed by atoms with E-state index in [9.17, 15) is 38.6 Å². The number of nitrogens with zero attached hydrogens (tertiary/aromatic N) is 6. The number of aromatic nitrogens is 8. The van der Waals surface area contributed by atoms with Crippen molar-refractivity contribution in [2.45, 2.75) is 49.9 Å². The largest absolute Gasteiger partial charge is 0.715 e. The molecule has 9 N–H and O–H groups in total. The van der Waals surface area contributed by atoms with Crippen molar-refractivity contribution in [2.75, 3.05) is 38.0 Å². The number of hydrogen-bond acceptors (Lipinski definition) is 19. The van der Waals surface area contributed by atoms with Gasteiger partial charge in [0.15, 0.2) is 29.9 Å². The summed E-state index contributed by atoms with van der Waals surface area (Å²) in [6.07, 6.45) is -6.14. The molecule has 5 unspecified atom stereocenters. The molecule has 0 aliphatic carbocycles. The van der Waals surface area contributed by atoms with E-state index in [1.54, 1.807) is 20.3 Å². The monoisotopic (exact) mass is 780 g/mol. The van der Waals surface area contributed by atoms with Crippen molar-refractivity contribution in [1.82, 2.24) is 34.1 Å². The van der Waals surface area contributed by atoms with Crippen LogP contribution in [0.2, 0.25) is 0 Å². The summed E-state index contributed by atoms with van der Waals surface area (Å²) in [6, 6.07) is 0. The Labute approximate surface area is 286 Å². The molecule has 11 atom stereocenters. The molecule has 27 heteroatoms. The van der Waals surface area contributed by atoms with Crippen LogP contribution >= 0.6 is 23.4 Å². The fraction of sp³-hybridized carbons (Fsp3) is 0.583. The number of aromatic amines is 2. The molecule has 0 aromatic carbocycles. The van der Waals surface area contributed by atoms with E-state index in [0.717, 1.165) is 19.7 Å². The third-order valence-corrected chi connectivity index (χ3v) is 12.9. The Morgan fingerprint density at radius 1 is 0.961 bits per heavy atom. The highest BCUT2D eigenvalue weighted by Crippen LogP contribution is 2.60. The summed E-state index contributed by atoms with van der Waals surface area (Å²) in [5, 5.41) is 32.0. The molecule has 0 amide bonds. The summed E-state index contributed by atoms with van der Waals surface area (Å²) in [7, 11) is -10.2. The molecule has 2 fully saturated rings. The maximum absolute atomic E-state index is 13.0. The fourth-order valence-electron chi connectivity index (χ4n) is 5.75. The number of anilines is 2. The van der Waals surface area contributed by atoms with Crippen LogP contribution in [-0.2, 0) is 47.9 Å². The molecule has 2 saturated heterocycles. The summed E-state index contributed by atoms with van der Waals surface area (Å²) in [6.45, 7) is 2.43. The van der Waals surface area contributed by atoms with Gasteiger partial charge in [-0.25, -0.2) is 9.55 Å². The predicted octanol–water partition coefficient (Wildman–Crippen LogP) is -1.27. The maximum Gasteiger partial charge on any atom is 0.715 e. The van der Waals surface area contributed by atoms with Gasteiger partial charge in [-0.2, -0.15) is 4.98 Å². The molecular formula is C24H35N10O14P3+2. The number of nitrogen functional groups attached to an aromatic ring is 2. The minimum atomic E-state index is -4.25. The van der Waals surface area contributed by atoms with Gasteiger partial charge in [0.2, 0.25) is 11.5 Å². The smallest absolute Gasteiger partial charge is 0.390 e. The lowest BCUT2D eigenvalue weighted by Crippen LogP contribution is -2.42. The number of rotatable bonds is 12.